The SMILES string of the molecule is COCCOc1ccc(CBr)cc1F. The summed E-state index contributed by atoms with van der Waals surface area (Å²) in [5, 5.41) is 0.641. The van der Waals surface area contributed by atoms with E-state index < -0.39 is 0 Å². The second-order valence-electron chi connectivity index (χ2n) is 2.74. The molecule has 1 aromatic carbocycles. The molecule has 0 heterocycles. The van der Waals surface area contributed by atoms with Gasteiger partial charge in [0.15, 0.2) is 11.6 Å². The van der Waals surface area contributed by atoms with Crippen LogP contribution in [0.1, 0.15) is 5.56 Å². The van der Waals surface area contributed by atoms with Gasteiger partial charge in [-0.1, -0.05) is 22.0 Å². The molecule has 2 nitrogen and oxygen atoms in total. The van der Waals surface area contributed by atoms with Crippen molar-refractivity contribution >= 4 is 15.9 Å². The number of methoxy groups -OCH3 is 1. The molecule has 14 heavy (non-hydrogen) atoms. The van der Waals surface area contributed by atoms with Gasteiger partial charge in [-0.2, -0.15) is 0 Å². The molecule has 0 N–H and O–H groups in total. The van der Waals surface area contributed by atoms with E-state index >= 15 is 0 Å². The third-order valence-electron chi connectivity index (χ3n) is 1.70. The lowest BCUT2D eigenvalue weighted by atomic mass is 10.2. The monoisotopic (exact) mass is 262 g/mol. The van der Waals surface area contributed by atoms with Crippen molar-refractivity contribution in [1.29, 1.82) is 0 Å². The average Bonchev–Trinajstić information content (AvgIpc) is 2.20. The van der Waals surface area contributed by atoms with E-state index in [0.29, 0.717) is 18.5 Å². The number of halogens is 2. The van der Waals surface area contributed by atoms with E-state index in [1.54, 1.807) is 13.2 Å². The van der Waals surface area contributed by atoms with Crippen molar-refractivity contribution in [2.75, 3.05) is 20.3 Å². The van der Waals surface area contributed by atoms with Crippen LogP contribution in [0.25, 0.3) is 0 Å². The fourth-order valence-electron chi connectivity index (χ4n) is 0.979. The minimum absolute atomic E-state index is 0.270. The summed E-state index contributed by atoms with van der Waals surface area (Å²) in [6.45, 7) is 0.820. The molecule has 0 aliphatic carbocycles. The van der Waals surface area contributed by atoms with Gasteiger partial charge in [0.05, 0.1) is 6.61 Å². The highest BCUT2D eigenvalue weighted by atomic mass is 79.9. The van der Waals surface area contributed by atoms with Gasteiger partial charge in [-0.15, -0.1) is 0 Å². The van der Waals surface area contributed by atoms with E-state index in [0.717, 1.165) is 5.56 Å². The van der Waals surface area contributed by atoms with E-state index in [1.165, 1.54) is 6.07 Å². The van der Waals surface area contributed by atoms with Crippen molar-refractivity contribution in [3.05, 3.63) is 29.6 Å². The number of rotatable bonds is 5. The van der Waals surface area contributed by atoms with Crippen LogP contribution in [0, 0.1) is 5.82 Å². The Bertz CT molecular complexity index is 291. The highest BCUT2D eigenvalue weighted by Gasteiger charge is 2.03. The van der Waals surface area contributed by atoms with Crippen LogP contribution in [0.5, 0.6) is 5.75 Å². The predicted molar refractivity (Wildman–Crippen MR) is 56.4 cm³/mol. The van der Waals surface area contributed by atoms with Crippen LogP contribution in [0.15, 0.2) is 18.2 Å². The normalized spacial score (nSPS) is 10.2. The van der Waals surface area contributed by atoms with Gasteiger partial charge < -0.3 is 9.47 Å². The van der Waals surface area contributed by atoms with Crippen LogP contribution in [-0.2, 0) is 10.1 Å². The highest BCUT2D eigenvalue weighted by Crippen LogP contribution is 2.19. The summed E-state index contributed by atoms with van der Waals surface area (Å²) in [4.78, 5) is 0. The average molecular weight is 263 g/mol. The van der Waals surface area contributed by atoms with Gasteiger partial charge in [-0.3, -0.25) is 0 Å². The number of hydrogen-bond acceptors (Lipinski definition) is 2. The smallest absolute Gasteiger partial charge is 0.165 e. The first-order chi connectivity index (χ1) is 6.77. The third kappa shape index (κ3) is 3.27. The zero-order valence-electron chi connectivity index (χ0n) is 7.93. The number of benzene rings is 1. The molecule has 0 aliphatic rings. The van der Waals surface area contributed by atoms with Gasteiger partial charge in [-0.25, -0.2) is 4.39 Å². The first kappa shape index (κ1) is 11.5. The van der Waals surface area contributed by atoms with Crippen molar-refractivity contribution in [2.45, 2.75) is 5.33 Å². The van der Waals surface area contributed by atoms with Gasteiger partial charge in [-0.05, 0) is 17.7 Å². The van der Waals surface area contributed by atoms with Crippen LogP contribution in [-0.4, -0.2) is 20.3 Å². The fourth-order valence-corrected chi connectivity index (χ4v) is 1.33. The molecule has 0 amide bonds. The number of alkyl halides is 1. The molecule has 4 heteroatoms. The Morgan fingerprint density at radius 2 is 2.14 bits per heavy atom. The summed E-state index contributed by atoms with van der Waals surface area (Å²) >= 11 is 3.25. The lowest BCUT2D eigenvalue weighted by Crippen LogP contribution is -2.05. The van der Waals surface area contributed by atoms with Crippen molar-refractivity contribution in [3.8, 4) is 5.75 Å². The van der Waals surface area contributed by atoms with Crippen LogP contribution < -0.4 is 4.74 Å². The summed E-state index contributed by atoms with van der Waals surface area (Å²) in [5.74, 6) is -0.0650. The van der Waals surface area contributed by atoms with Gasteiger partial charge in [0.25, 0.3) is 0 Å². The van der Waals surface area contributed by atoms with Crippen LogP contribution in [0.4, 0.5) is 4.39 Å². The summed E-state index contributed by atoms with van der Waals surface area (Å²) in [6.07, 6.45) is 0. The molecule has 0 fully saturated rings. The number of hydrogen-bond donors (Lipinski definition) is 0. The van der Waals surface area contributed by atoms with E-state index in [4.69, 9.17) is 9.47 Å². The maximum Gasteiger partial charge on any atom is 0.165 e. The van der Waals surface area contributed by atoms with E-state index in [9.17, 15) is 4.39 Å². The molecule has 1 rings (SSSR count). The van der Waals surface area contributed by atoms with Crippen LogP contribution in [0.3, 0.4) is 0 Å². The largest absolute Gasteiger partial charge is 0.488 e. The van der Waals surface area contributed by atoms with Crippen molar-refractivity contribution in [3.63, 3.8) is 0 Å². The Balaban J connectivity index is 2.59. The van der Waals surface area contributed by atoms with E-state index in [2.05, 4.69) is 15.9 Å². The van der Waals surface area contributed by atoms with Gasteiger partial charge in [0, 0.05) is 12.4 Å². The molecule has 0 radical (unpaired) electrons. The minimum atomic E-state index is -0.335. The van der Waals surface area contributed by atoms with Crippen molar-refractivity contribution in [2.24, 2.45) is 0 Å². The van der Waals surface area contributed by atoms with Gasteiger partial charge in [0.2, 0.25) is 0 Å². The first-order valence-corrected chi connectivity index (χ1v) is 5.36. The zero-order chi connectivity index (χ0) is 10.4. The fraction of sp³-hybridized carbons (Fsp3) is 0.400. The van der Waals surface area contributed by atoms with Crippen LogP contribution >= 0.6 is 15.9 Å². The highest BCUT2D eigenvalue weighted by molar-refractivity contribution is 9.08. The molecular formula is C10H12BrFO2. The Labute approximate surface area is 91.2 Å². The molecule has 0 aromatic heterocycles. The summed E-state index contributed by atoms with van der Waals surface area (Å²) in [6, 6.07) is 4.90. The molecule has 0 aliphatic heterocycles. The Hall–Kier alpha value is -0.610. The molecule has 1 aromatic rings. The van der Waals surface area contributed by atoms with Crippen LogP contribution in [0.2, 0.25) is 0 Å². The van der Waals surface area contributed by atoms with Gasteiger partial charge in [0.1, 0.15) is 6.61 Å². The van der Waals surface area contributed by atoms with Crippen molar-refractivity contribution in [1.82, 2.24) is 0 Å². The summed E-state index contributed by atoms with van der Waals surface area (Å²) in [5.41, 5.74) is 0.890. The van der Waals surface area contributed by atoms with E-state index in [1.807, 2.05) is 6.07 Å². The lowest BCUT2D eigenvalue weighted by molar-refractivity contribution is 0.144. The second-order valence-corrected chi connectivity index (χ2v) is 3.30. The molecule has 0 spiro atoms. The second kappa shape index (κ2) is 5.98. The molecule has 0 unspecified atom stereocenters. The minimum Gasteiger partial charge on any atom is -0.488 e. The predicted octanol–water partition coefficient (Wildman–Crippen LogP) is 2.75. The Kier molecular flexibility index (Phi) is 4.90. The summed E-state index contributed by atoms with van der Waals surface area (Å²) < 4.78 is 23.2. The molecule has 78 valence electrons. The first-order valence-electron chi connectivity index (χ1n) is 4.24. The molecule has 0 saturated carbocycles. The maximum absolute atomic E-state index is 13.3. The maximum atomic E-state index is 13.3. The van der Waals surface area contributed by atoms with Gasteiger partial charge >= 0.3 is 0 Å². The Morgan fingerprint density at radius 1 is 1.36 bits per heavy atom. The number of ether oxygens (including phenoxy) is 2. The Morgan fingerprint density at radius 3 is 2.71 bits per heavy atom. The summed E-state index contributed by atoms with van der Waals surface area (Å²) in [7, 11) is 1.58. The van der Waals surface area contributed by atoms with Crippen molar-refractivity contribution < 1.29 is 13.9 Å². The zero-order valence-corrected chi connectivity index (χ0v) is 9.51. The quantitative estimate of drug-likeness (QED) is 0.600. The topological polar surface area (TPSA) is 18.5 Å². The standard InChI is InChI=1S/C10H12BrFO2/c1-13-4-5-14-10-3-2-8(7-11)6-9(10)12/h2-3,6H,4-5,7H2,1H3. The third-order valence-corrected chi connectivity index (χ3v) is 2.34. The van der Waals surface area contributed by atoms with E-state index in [-0.39, 0.29) is 11.6 Å². The molecule has 0 saturated heterocycles. The lowest BCUT2D eigenvalue weighted by Gasteiger charge is -2.07. The molecular weight excluding hydrogens is 251 g/mol. The molecule has 0 bridgehead atoms. The molecule has 0 atom stereocenters.